The first-order valence-corrected chi connectivity index (χ1v) is 9.77. The highest BCUT2D eigenvalue weighted by molar-refractivity contribution is 5.91. The Morgan fingerprint density at radius 2 is 1.63 bits per heavy atom. The number of nitrogens with zero attached hydrogens (tertiary/aromatic N) is 2. The van der Waals surface area contributed by atoms with Crippen molar-refractivity contribution in [2.24, 2.45) is 0 Å². The molecule has 6 nitrogen and oxygen atoms in total. The van der Waals surface area contributed by atoms with Crippen LogP contribution in [0.2, 0.25) is 0 Å². The molecule has 0 aliphatic heterocycles. The predicted molar refractivity (Wildman–Crippen MR) is 107 cm³/mol. The minimum atomic E-state index is -5.10. The topological polar surface area (TPSA) is 65.5 Å². The molecule has 0 unspecified atom stereocenters. The number of halogens is 8. The average Bonchev–Trinajstić information content (AvgIpc) is 2.74. The fourth-order valence-corrected chi connectivity index (χ4v) is 3.13. The van der Waals surface area contributed by atoms with E-state index in [2.05, 4.69) is 20.0 Å². The van der Waals surface area contributed by atoms with Gasteiger partial charge < -0.3 is 14.8 Å². The second-order valence-corrected chi connectivity index (χ2v) is 7.06. The number of benzene rings is 2. The highest BCUT2D eigenvalue weighted by atomic mass is 19.4. The Kier molecular flexibility index (Phi) is 7.53. The number of nitrogens with one attached hydrogen (secondary N) is 1. The largest absolute Gasteiger partial charge is 0.522 e. The zero-order valence-corrected chi connectivity index (χ0v) is 18.1. The number of rotatable bonds is 8. The van der Waals surface area contributed by atoms with E-state index in [1.54, 1.807) is 0 Å². The zero-order chi connectivity index (χ0) is 26.0. The third kappa shape index (κ3) is 6.59. The molecule has 0 aliphatic rings. The number of methoxy groups -OCH3 is 1. The van der Waals surface area contributed by atoms with Gasteiger partial charge in [-0.3, -0.25) is 4.74 Å². The van der Waals surface area contributed by atoms with Crippen LogP contribution in [0.5, 0.6) is 11.5 Å². The first kappa shape index (κ1) is 26.2. The standard InChI is InChI=1S/C21H17F8N3O3/c1-10-31-15-8-16(33-2)17(34-3-4-35-21(27,28)29)7-13(15)19(32-10)30-9-11-5-12(22)6-14(18(11)23)20(24,25)26/h5-8H,3-4,9H2,1-2H3,(H,30,31,32). The summed E-state index contributed by atoms with van der Waals surface area (Å²) in [4.78, 5) is 8.34. The lowest BCUT2D eigenvalue weighted by Crippen LogP contribution is -2.18. The van der Waals surface area contributed by atoms with Gasteiger partial charge in [-0.2, -0.15) is 13.2 Å². The van der Waals surface area contributed by atoms with Crippen LogP contribution >= 0.6 is 0 Å². The van der Waals surface area contributed by atoms with Crippen molar-refractivity contribution >= 4 is 16.7 Å². The van der Waals surface area contributed by atoms with E-state index in [0.29, 0.717) is 6.07 Å². The molecule has 3 aromatic rings. The van der Waals surface area contributed by atoms with Crippen LogP contribution in [0.15, 0.2) is 24.3 Å². The van der Waals surface area contributed by atoms with Crippen molar-refractivity contribution in [2.75, 3.05) is 25.6 Å². The Morgan fingerprint density at radius 1 is 0.914 bits per heavy atom. The molecule has 0 saturated carbocycles. The summed E-state index contributed by atoms with van der Waals surface area (Å²) < 4.78 is 118. The van der Waals surface area contributed by atoms with Crippen LogP contribution in [-0.4, -0.2) is 36.7 Å². The maximum atomic E-state index is 14.4. The van der Waals surface area contributed by atoms with Gasteiger partial charge in [-0.15, -0.1) is 13.2 Å². The molecule has 2 aromatic carbocycles. The van der Waals surface area contributed by atoms with Gasteiger partial charge in [0.05, 0.1) is 24.8 Å². The smallest absolute Gasteiger partial charge is 0.493 e. The van der Waals surface area contributed by atoms with Crippen molar-refractivity contribution in [3.05, 3.63) is 52.9 Å². The van der Waals surface area contributed by atoms with Crippen LogP contribution in [0.1, 0.15) is 17.0 Å². The van der Waals surface area contributed by atoms with Gasteiger partial charge in [-0.05, 0) is 25.1 Å². The third-order valence-electron chi connectivity index (χ3n) is 4.56. The van der Waals surface area contributed by atoms with Gasteiger partial charge in [0.1, 0.15) is 29.9 Å². The normalized spacial score (nSPS) is 12.2. The Labute approximate surface area is 192 Å². The van der Waals surface area contributed by atoms with Gasteiger partial charge in [0.2, 0.25) is 0 Å². The zero-order valence-electron chi connectivity index (χ0n) is 18.1. The molecule has 1 heterocycles. The van der Waals surface area contributed by atoms with Gasteiger partial charge in [0, 0.05) is 23.6 Å². The molecule has 14 heteroatoms. The fraction of sp³-hybridized carbons (Fsp3) is 0.333. The van der Waals surface area contributed by atoms with Crippen LogP contribution in [0, 0.1) is 18.6 Å². The predicted octanol–water partition coefficient (Wildman–Crippen LogP) is 5.77. The summed E-state index contributed by atoms with van der Waals surface area (Å²) in [6.45, 7) is -0.355. The number of hydrogen-bond donors (Lipinski definition) is 1. The van der Waals surface area contributed by atoms with Crippen LogP contribution in [0.3, 0.4) is 0 Å². The minimum absolute atomic E-state index is 0.00225. The molecule has 3 rings (SSSR count). The highest BCUT2D eigenvalue weighted by Crippen LogP contribution is 2.36. The van der Waals surface area contributed by atoms with Gasteiger partial charge in [0.15, 0.2) is 11.5 Å². The summed E-state index contributed by atoms with van der Waals surface area (Å²) in [6, 6.07) is 3.40. The highest BCUT2D eigenvalue weighted by Gasteiger charge is 2.35. The van der Waals surface area contributed by atoms with Crippen LogP contribution < -0.4 is 14.8 Å². The second-order valence-electron chi connectivity index (χ2n) is 7.06. The van der Waals surface area contributed by atoms with E-state index in [1.807, 2.05) is 0 Å². The lowest BCUT2D eigenvalue weighted by molar-refractivity contribution is -0.325. The molecule has 0 fully saturated rings. The Hall–Kier alpha value is -3.42. The summed E-state index contributed by atoms with van der Waals surface area (Å²) in [5, 5.41) is 2.88. The molecular weight excluding hydrogens is 494 g/mol. The maximum Gasteiger partial charge on any atom is 0.522 e. The van der Waals surface area contributed by atoms with E-state index < -0.39 is 55.1 Å². The van der Waals surface area contributed by atoms with Crippen molar-refractivity contribution in [2.45, 2.75) is 26.0 Å². The molecule has 0 bridgehead atoms. The first-order chi connectivity index (χ1) is 16.3. The van der Waals surface area contributed by atoms with E-state index in [-0.39, 0.29) is 40.1 Å². The molecule has 190 valence electrons. The van der Waals surface area contributed by atoms with Crippen molar-refractivity contribution in [3.63, 3.8) is 0 Å². The maximum absolute atomic E-state index is 14.4. The van der Waals surface area contributed by atoms with Crippen molar-refractivity contribution in [1.29, 1.82) is 0 Å². The van der Waals surface area contributed by atoms with Crippen LogP contribution in [0.25, 0.3) is 10.9 Å². The number of ether oxygens (including phenoxy) is 3. The molecule has 0 aliphatic carbocycles. The number of aryl methyl sites for hydroxylation is 1. The molecule has 1 aromatic heterocycles. The van der Waals surface area contributed by atoms with Gasteiger partial charge in [-0.1, -0.05) is 0 Å². The number of fused-ring (bicyclic) bond motifs is 1. The fourth-order valence-electron chi connectivity index (χ4n) is 3.13. The SMILES string of the molecule is COc1cc2nc(C)nc(NCc3cc(F)cc(C(F)(F)F)c3F)c2cc1OCCOC(F)(F)F. The quantitative estimate of drug-likeness (QED) is 0.306. The molecule has 1 N–H and O–H groups in total. The van der Waals surface area contributed by atoms with E-state index in [0.717, 1.165) is 0 Å². The summed E-state index contributed by atoms with van der Waals surface area (Å²) in [5.74, 6) is -2.54. The van der Waals surface area contributed by atoms with Gasteiger partial charge in [-0.25, -0.2) is 18.7 Å². The summed E-state index contributed by atoms with van der Waals surface area (Å²) in [7, 11) is 1.29. The number of aromatic nitrogens is 2. The average molecular weight is 511 g/mol. The molecule has 0 atom stereocenters. The first-order valence-electron chi connectivity index (χ1n) is 9.77. The van der Waals surface area contributed by atoms with Crippen molar-refractivity contribution in [1.82, 2.24) is 9.97 Å². The monoisotopic (exact) mass is 511 g/mol. The molecular formula is C21H17F8N3O3. The van der Waals surface area contributed by atoms with E-state index in [1.165, 1.54) is 26.2 Å². The molecule has 0 amide bonds. The summed E-state index contributed by atoms with van der Waals surface area (Å²) >= 11 is 0. The molecule has 0 radical (unpaired) electrons. The van der Waals surface area contributed by atoms with E-state index >= 15 is 0 Å². The van der Waals surface area contributed by atoms with E-state index in [9.17, 15) is 35.1 Å². The van der Waals surface area contributed by atoms with Gasteiger partial charge >= 0.3 is 12.5 Å². The number of alkyl halides is 6. The number of anilines is 1. The lowest BCUT2D eigenvalue weighted by Gasteiger charge is -2.16. The van der Waals surface area contributed by atoms with Crippen molar-refractivity contribution in [3.8, 4) is 11.5 Å². The van der Waals surface area contributed by atoms with Crippen LogP contribution in [0.4, 0.5) is 40.9 Å². The lowest BCUT2D eigenvalue weighted by atomic mass is 10.1. The second kappa shape index (κ2) is 10.1. The third-order valence-corrected chi connectivity index (χ3v) is 4.56. The summed E-state index contributed by atoms with van der Waals surface area (Å²) in [5.41, 5.74) is -2.07. The van der Waals surface area contributed by atoms with E-state index in [4.69, 9.17) is 9.47 Å². The molecule has 0 saturated heterocycles. The van der Waals surface area contributed by atoms with Crippen molar-refractivity contribution < 1.29 is 49.3 Å². The minimum Gasteiger partial charge on any atom is -0.493 e. The molecule has 35 heavy (non-hydrogen) atoms. The number of hydrogen-bond acceptors (Lipinski definition) is 6. The Balaban J connectivity index is 1.92. The summed E-state index contributed by atoms with van der Waals surface area (Å²) in [6.07, 6.45) is -9.94. The Morgan fingerprint density at radius 3 is 2.26 bits per heavy atom. The molecule has 0 spiro atoms. The Bertz CT molecular complexity index is 1220. The van der Waals surface area contributed by atoms with Gasteiger partial charge in [0.25, 0.3) is 0 Å². The van der Waals surface area contributed by atoms with Crippen LogP contribution in [-0.2, 0) is 17.5 Å².